The Morgan fingerprint density at radius 1 is 1.43 bits per heavy atom. The van der Waals surface area contributed by atoms with Gasteiger partial charge in [-0.3, -0.25) is 0 Å². The van der Waals surface area contributed by atoms with Crippen LogP contribution in [-0.4, -0.2) is 11.5 Å². The maximum absolute atomic E-state index is 6.09. The molecule has 0 unspecified atom stereocenters. The first-order valence-corrected chi connectivity index (χ1v) is 5.55. The normalized spacial score (nSPS) is 11.1. The lowest BCUT2D eigenvalue weighted by molar-refractivity contribution is 0.976. The van der Waals surface area contributed by atoms with Crippen LogP contribution in [0.25, 0.3) is 10.9 Å². The van der Waals surface area contributed by atoms with E-state index in [-0.39, 0.29) is 0 Å². The molecule has 0 spiro atoms. The predicted molar refractivity (Wildman–Crippen MR) is 63.8 cm³/mol. The molecular weight excluding hydrogens is 263 g/mol. The molecule has 0 aliphatic rings. The van der Waals surface area contributed by atoms with Gasteiger partial charge in [0.05, 0.1) is 5.52 Å². The number of para-hydroxylation sites is 1. The van der Waals surface area contributed by atoms with Gasteiger partial charge in [0.2, 0.25) is 0 Å². The first-order chi connectivity index (χ1) is 6.74. The highest BCUT2D eigenvalue weighted by Gasteiger charge is 2.10. The second-order valence-corrected chi connectivity index (χ2v) is 4.35. The van der Waals surface area contributed by atoms with E-state index in [9.17, 15) is 0 Å². The first kappa shape index (κ1) is 10.0. The summed E-state index contributed by atoms with van der Waals surface area (Å²) in [6.07, 6.45) is 0.801. The average Bonchev–Trinajstić information content (AvgIpc) is 2.47. The highest BCUT2D eigenvalue weighted by Crippen LogP contribution is 2.30. The molecule has 2 nitrogen and oxygen atoms in total. The number of halogens is 2. The molecule has 0 radical (unpaired) electrons. The Morgan fingerprint density at radius 3 is 2.93 bits per heavy atom. The summed E-state index contributed by atoms with van der Waals surface area (Å²) in [6, 6.07) is 6.03. The highest BCUT2D eigenvalue weighted by molar-refractivity contribution is 9.10. The largest absolute Gasteiger partial charge is 0.344 e. The Hall–Kier alpha value is -0.510. The van der Waals surface area contributed by atoms with E-state index in [0.29, 0.717) is 11.7 Å². The molecule has 0 amide bonds. The van der Waals surface area contributed by atoms with E-state index in [1.807, 2.05) is 18.2 Å². The number of aromatic nitrogens is 1. The molecule has 2 rings (SSSR count). The van der Waals surface area contributed by atoms with E-state index in [4.69, 9.17) is 17.3 Å². The summed E-state index contributed by atoms with van der Waals surface area (Å²) < 4.78 is 1.03. The number of H-pyrrole nitrogens is 1. The van der Waals surface area contributed by atoms with Crippen molar-refractivity contribution in [3.8, 4) is 0 Å². The van der Waals surface area contributed by atoms with Crippen molar-refractivity contribution in [2.24, 2.45) is 5.73 Å². The fraction of sp³-hybridized carbons (Fsp3) is 0.200. The summed E-state index contributed by atoms with van der Waals surface area (Å²) >= 11 is 9.56. The van der Waals surface area contributed by atoms with Crippen LogP contribution in [0.2, 0.25) is 5.15 Å². The van der Waals surface area contributed by atoms with Crippen molar-refractivity contribution < 1.29 is 0 Å². The molecule has 0 atom stereocenters. The lowest BCUT2D eigenvalue weighted by atomic mass is 10.1. The van der Waals surface area contributed by atoms with Crippen molar-refractivity contribution in [2.75, 3.05) is 6.54 Å². The van der Waals surface area contributed by atoms with Gasteiger partial charge >= 0.3 is 0 Å². The molecule has 1 heterocycles. The third kappa shape index (κ3) is 1.56. The van der Waals surface area contributed by atoms with Crippen LogP contribution >= 0.6 is 27.5 Å². The zero-order chi connectivity index (χ0) is 10.1. The number of aromatic amines is 1. The van der Waals surface area contributed by atoms with E-state index < -0.39 is 0 Å². The molecular formula is C10H10BrClN2. The fourth-order valence-electron chi connectivity index (χ4n) is 1.59. The molecule has 0 aliphatic carbocycles. The lowest BCUT2D eigenvalue weighted by Crippen LogP contribution is -2.02. The molecule has 0 saturated heterocycles. The number of hydrogen-bond acceptors (Lipinski definition) is 1. The third-order valence-electron chi connectivity index (χ3n) is 2.23. The van der Waals surface area contributed by atoms with E-state index in [1.54, 1.807) is 0 Å². The van der Waals surface area contributed by atoms with Crippen LogP contribution in [-0.2, 0) is 6.42 Å². The Morgan fingerprint density at radius 2 is 2.21 bits per heavy atom. The van der Waals surface area contributed by atoms with Crippen molar-refractivity contribution in [2.45, 2.75) is 6.42 Å². The van der Waals surface area contributed by atoms with Gasteiger partial charge in [0.1, 0.15) is 5.15 Å². The quantitative estimate of drug-likeness (QED) is 0.867. The van der Waals surface area contributed by atoms with Gasteiger partial charge < -0.3 is 10.7 Å². The van der Waals surface area contributed by atoms with Gasteiger partial charge in [0, 0.05) is 9.86 Å². The van der Waals surface area contributed by atoms with Crippen LogP contribution in [0.4, 0.5) is 0 Å². The summed E-state index contributed by atoms with van der Waals surface area (Å²) in [6.45, 7) is 0.610. The molecule has 14 heavy (non-hydrogen) atoms. The van der Waals surface area contributed by atoms with Gasteiger partial charge in [-0.1, -0.05) is 23.7 Å². The summed E-state index contributed by atoms with van der Waals surface area (Å²) in [5, 5.41) is 1.84. The molecule has 2 aromatic rings. The summed E-state index contributed by atoms with van der Waals surface area (Å²) in [5.74, 6) is 0. The maximum atomic E-state index is 6.09. The maximum Gasteiger partial charge on any atom is 0.110 e. The Balaban J connectivity index is 2.70. The van der Waals surface area contributed by atoms with Crippen LogP contribution in [0.15, 0.2) is 22.7 Å². The second kappa shape index (κ2) is 3.93. The fourth-order valence-corrected chi connectivity index (χ4v) is 2.35. The topological polar surface area (TPSA) is 41.8 Å². The van der Waals surface area contributed by atoms with Crippen LogP contribution in [0.5, 0.6) is 0 Å². The smallest absolute Gasteiger partial charge is 0.110 e. The van der Waals surface area contributed by atoms with E-state index in [0.717, 1.165) is 27.4 Å². The lowest BCUT2D eigenvalue weighted by Gasteiger charge is -1.97. The van der Waals surface area contributed by atoms with Gasteiger partial charge in [0.25, 0.3) is 0 Å². The van der Waals surface area contributed by atoms with Crippen molar-refractivity contribution in [3.05, 3.63) is 33.4 Å². The van der Waals surface area contributed by atoms with Crippen LogP contribution in [0.1, 0.15) is 5.56 Å². The predicted octanol–water partition coefficient (Wildman–Crippen LogP) is 3.09. The number of nitrogens with one attached hydrogen (secondary N) is 1. The molecule has 3 N–H and O–H groups in total. The van der Waals surface area contributed by atoms with Gasteiger partial charge in [-0.25, -0.2) is 0 Å². The van der Waals surface area contributed by atoms with Crippen molar-refractivity contribution in [1.29, 1.82) is 0 Å². The van der Waals surface area contributed by atoms with Crippen molar-refractivity contribution in [1.82, 2.24) is 4.98 Å². The number of fused-ring (bicyclic) bond motifs is 1. The van der Waals surface area contributed by atoms with Crippen molar-refractivity contribution >= 4 is 38.4 Å². The summed E-state index contributed by atoms with van der Waals surface area (Å²) in [7, 11) is 0. The second-order valence-electron chi connectivity index (χ2n) is 3.12. The third-order valence-corrected chi connectivity index (χ3v) is 3.22. The average molecular weight is 274 g/mol. The van der Waals surface area contributed by atoms with Gasteiger partial charge in [-0.15, -0.1) is 0 Å². The monoisotopic (exact) mass is 272 g/mol. The van der Waals surface area contributed by atoms with Gasteiger partial charge in [-0.05, 0) is 40.5 Å². The summed E-state index contributed by atoms with van der Waals surface area (Å²) in [5.41, 5.74) is 7.68. The molecule has 1 aromatic heterocycles. The van der Waals surface area contributed by atoms with Crippen LogP contribution < -0.4 is 5.73 Å². The number of rotatable bonds is 2. The minimum absolute atomic E-state index is 0.610. The van der Waals surface area contributed by atoms with Crippen molar-refractivity contribution in [3.63, 3.8) is 0 Å². The highest BCUT2D eigenvalue weighted by atomic mass is 79.9. The van der Waals surface area contributed by atoms with E-state index in [2.05, 4.69) is 20.9 Å². The van der Waals surface area contributed by atoms with Gasteiger partial charge in [-0.2, -0.15) is 0 Å². The molecule has 0 saturated carbocycles. The number of nitrogens with two attached hydrogens (primary N) is 1. The van der Waals surface area contributed by atoms with Crippen LogP contribution in [0.3, 0.4) is 0 Å². The molecule has 74 valence electrons. The number of benzene rings is 1. The molecule has 0 aliphatic heterocycles. The van der Waals surface area contributed by atoms with Crippen LogP contribution in [0, 0.1) is 0 Å². The number of hydrogen-bond donors (Lipinski definition) is 2. The van der Waals surface area contributed by atoms with Gasteiger partial charge in [0.15, 0.2) is 0 Å². The van der Waals surface area contributed by atoms with E-state index >= 15 is 0 Å². The molecule has 4 heteroatoms. The first-order valence-electron chi connectivity index (χ1n) is 4.38. The standard InChI is InChI=1S/C10H10BrClN2/c11-8-3-1-2-6-7(4-5-13)10(12)14-9(6)8/h1-3,14H,4-5,13H2. The Bertz CT molecular complexity index is 464. The Labute approximate surface area is 95.6 Å². The van der Waals surface area contributed by atoms with E-state index in [1.165, 1.54) is 0 Å². The minimum Gasteiger partial charge on any atom is -0.344 e. The molecule has 0 fully saturated rings. The SMILES string of the molecule is NCCc1c(Cl)[nH]c2c(Br)cccc12. The summed E-state index contributed by atoms with van der Waals surface area (Å²) in [4.78, 5) is 3.14. The Kier molecular flexibility index (Phi) is 2.81. The molecule has 0 bridgehead atoms. The zero-order valence-corrected chi connectivity index (χ0v) is 9.82. The zero-order valence-electron chi connectivity index (χ0n) is 7.48. The minimum atomic E-state index is 0.610. The molecule has 1 aromatic carbocycles.